The molecule has 1 N–H and O–H groups in total. The summed E-state index contributed by atoms with van der Waals surface area (Å²) in [6.45, 7) is 7.75. The van der Waals surface area contributed by atoms with Gasteiger partial charge in [0.2, 0.25) is 0 Å². The van der Waals surface area contributed by atoms with Crippen molar-refractivity contribution >= 4 is 0 Å². The Hall–Kier alpha value is -1.75. The van der Waals surface area contributed by atoms with Gasteiger partial charge in [0.25, 0.3) is 0 Å². The van der Waals surface area contributed by atoms with E-state index in [2.05, 4.69) is 52.5 Å². The van der Waals surface area contributed by atoms with Crippen molar-refractivity contribution in [3.63, 3.8) is 0 Å². The maximum absolute atomic E-state index is 5.61. The van der Waals surface area contributed by atoms with Crippen LogP contribution in [0, 0.1) is 0 Å². The highest BCUT2D eigenvalue weighted by Gasteiger charge is 2.16. The number of benzene rings is 1. The number of nitrogens with one attached hydrogen (secondary N) is 1. The van der Waals surface area contributed by atoms with Gasteiger partial charge in [-0.15, -0.1) is 0 Å². The number of aromatic nitrogens is 1. The van der Waals surface area contributed by atoms with E-state index in [-0.39, 0.29) is 0 Å². The standard InChI is InChI=1S/C19H25N3O/c1-16-14-22(8-9-23-16)15-18-5-2-4-17(10-18)11-21-13-19-6-3-7-20-12-19/h2-7,10,12,16,21H,8-9,11,13-15H2,1H3/t16-/m0/s1. The number of hydrogen-bond acceptors (Lipinski definition) is 4. The van der Waals surface area contributed by atoms with Crippen molar-refractivity contribution in [2.45, 2.75) is 32.7 Å². The molecule has 0 bridgehead atoms. The Morgan fingerprint density at radius 3 is 2.83 bits per heavy atom. The summed E-state index contributed by atoms with van der Waals surface area (Å²) in [4.78, 5) is 6.61. The van der Waals surface area contributed by atoms with Gasteiger partial charge in [0, 0.05) is 45.1 Å². The number of rotatable bonds is 6. The summed E-state index contributed by atoms with van der Waals surface area (Å²) >= 11 is 0. The SMILES string of the molecule is C[C@H]1CN(Cc2cccc(CNCc3cccnc3)c2)CCO1. The maximum Gasteiger partial charge on any atom is 0.0674 e. The van der Waals surface area contributed by atoms with E-state index < -0.39 is 0 Å². The third-order valence-corrected chi connectivity index (χ3v) is 4.10. The van der Waals surface area contributed by atoms with Gasteiger partial charge in [-0.3, -0.25) is 9.88 Å². The highest BCUT2D eigenvalue weighted by atomic mass is 16.5. The van der Waals surface area contributed by atoms with Gasteiger partial charge in [-0.25, -0.2) is 0 Å². The number of pyridine rings is 1. The van der Waals surface area contributed by atoms with E-state index in [1.807, 2.05) is 12.3 Å². The molecule has 1 atom stereocenters. The smallest absolute Gasteiger partial charge is 0.0674 e. The first-order valence-electron chi connectivity index (χ1n) is 8.31. The van der Waals surface area contributed by atoms with Crippen LogP contribution in [0.3, 0.4) is 0 Å². The fourth-order valence-electron chi connectivity index (χ4n) is 2.98. The molecule has 0 spiro atoms. The monoisotopic (exact) mass is 311 g/mol. The quantitative estimate of drug-likeness (QED) is 0.890. The van der Waals surface area contributed by atoms with Crippen molar-refractivity contribution in [1.82, 2.24) is 15.2 Å². The molecule has 0 unspecified atom stereocenters. The minimum Gasteiger partial charge on any atom is -0.376 e. The van der Waals surface area contributed by atoms with Gasteiger partial charge in [0.1, 0.15) is 0 Å². The fourth-order valence-corrected chi connectivity index (χ4v) is 2.98. The molecule has 23 heavy (non-hydrogen) atoms. The van der Waals surface area contributed by atoms with Crippen molar-refractivity contribution in [2.75, 3.05) is 19.7 Å². The lowest BCUT2D eigenvalue weighted by atomic mass is 10.1. The van der Waals surface area contributed by atoms with Gasteiger partial charge >= 0.3 is 0 Å². The average Bonchev–Trinajstić information content (AvgIpc) is 2.56. The van der Waals surface area contributed by atoms with Crippen LogP contribution in [0.1, 0.15) is 23.6 Å². The topological polar surface area (TPSA) is 37.4 Å². The molecule has 4 nitrogen and oxygen atoms in total. The zero-order valence-electron chi connectivity index (χ0n) is 13.7. The number of ether oxygens (including phenoxy) is 1. The zero-order chi connectivity index (χ0) is 15.9. The molecular formula is C19H25N3O. The fraction of sp³-hybridized carbons (Fsp3) is 0.421. The summed E-state index contributed by atoms with van der Waals surface area (Å²) in [6, 6.07) is 12.9. The van der Waals surface area contributed by atoms with Crippen molar-refractivity contribution in [3.8, 4) is 0 Å². The normalized spacial score (nSPS) is 18.9. The van der Waals surface area contributed by atoms with Gasteiger partial charge in [0.15, 0.2) is 0 Å². The molecule has 1 aromatic heterocycles. The predicted octanol–water partition coefficient (Wildman–Crippen LogP) is 2.59. The summed E-state index contributed by atoms with van der Waals surface area (Å²) in [5.41, 5.74) is 3.92. The largest absolute Gasteiger partial charge is 0.376 e. The highest BCUT2D eigenvalue weighted by Crippen LogP contribution is 2.12. The van der Waals surface area contributed by atoms with E-state index in [9.17, 15) is 0 Å². The van der Waals surface area contributed by atoms with Crippen molar-refractivity contribution in [2.24, 2.45) is 0 Å². The molecule has 2 aromatic rings. The van der Waals surface area contributed by atoms with Crippen molar-refractivity contribution in [1.29, 1.82) is 0 Å². The number of nitrogens with zero attached hydrogens (tertiary/aromatic N) is 2. The van der Waals surface area contributed by atoms with Gasteiger partial charge in [-0.2, -0.15) is 0 Å². The Bertz CT molecular complexity index is 603. The predicted molar refractivity (Wildman–Crippen MR) is 91.9 cm³/mol. The van der Waals surface area contributed by atoms with Crippen LogP contribution in [0.15, 0.2) is 48.8 Å². The molecule has 1 aliphatic heterocycles. The molecule has 1 aromatic carbocycles. The second-order valence-electron chi connectivity index (χ2n) is 6.20. The first-order chi connectivity index (χ1) is 11.3. The Morgan fingerprint density at radius 1 is 1.17 bits per heavy atom. The molecule has 2 heterocycles. The van der Waals surface area contributed by atoms with Gasteiger partial charge in [-0.1, -0.05) is 30.3 Å². The van der Waals surface area contributed by atoms with Crippen LogP contribution in [0.4, 0.5) is 0 Å². The first-order valence-corrected chi connectivity index (χ1v) is 8.31. The Labute approximate surface area is 138 Å². The molecule has 1 aliphatic rings. The second-order valence-corrected chi connectivity index (χ2v) is 6.20. The van der Waals surface area contributed by atoms with Crippen molar-refractivity contribution in [3.05, 3.63) is 65.5 Å². The molecule has 0 radical (unpaired) electrons. The molecule has 3 rings (SSSR count). The summed E-state index contributed by atoms with van der Waals surface area (Å²) in [5, 5.41) is 3.48. The summed E-state index contributed by atoms with van der Waals surface area (Å²) in [5.74, 6) is 0. The second kappa shape index (κ2) is 8.20. The molecule has 1 saturated heterocycles. The van der Waals surface area contributed by atoms with Crippen LogP contribution in [-0.2, 0) is 24.4 Å². The van der Waals surface area contributed by atoms with Crippen LogP contribution in [0.2, 0.25) is 0 Å². The van der Waals surface area contributed by atoms with Crippen LogP contribution >= 0.6 is 0 Å². The van der Waals surface area contributed by atoms with E-state index in [0.717, 1.165) is 39.3 Å². The van der Waals surface area contributed by atoms with Crippen LogP contribution in [0.5, 0.6) is 0 Å². The highest BCUT2D eigenvalue weighted by molar-refractivity contribution is 5.23. The average molecular weight is 311 g/mol. The lowest BCUT2D eigenvalue weighted by molar-refractivity contribution is -0.0212. The third kappa shape index (κ3) is 5.13. The zero-order valence-corrected chi connectivity index (χ0v) is 13.7. The lowest BCUT2D eigenvalue weighted by Crippen LogP contribution is -2.40. The molecule has 4 heteroatoms. The van der Waals surface area contributed by atoms with E-state index >= 15 is 0 Å². The van der Waals surface area contributed by atoms with Gasteiger partial charge in [0.05, 0.1) is 12.7 Å². The lowest BCUT2D eigenvalue weighted by Gasteiger charge is -2.31. The first kappa shape index (κ1) is 16.1. The Kier molecular flexibility index (Phi) is 5.75. The van der Waals surface area contributed by atoms with E-state index in [4.69, 9.17) is 4.74 Å². The molecule has 0 amide bonds. The Morgan fingerprint density at radius 2 is 2.00 bits per heavy atom. The van der Waals surface area contributed by atoms with E-state index in [1.54, 1.807) is 6.20 Å². The van der Waals surface area contributed by atoms with Crippen LogP contribution in [-0.4, -0.2) is 35.7 Å². The number of hydrogen-bond donors (Lipinski definition) is 1. The van der Waals surface area contributed by atoms with E-state index in [0.29, 0.717) is 6.10 Å². The van der Waals surface area contributed by atoms with E-state index in [1.165, 1.54) is 16.7 Å². The minimum atomic E-state index is 0.341. The van der Waals surface area contributed by atoms with Crippen molar-refractivity contribution < 1.29 is 4.74 Å². The molecule has 0 saturated carbocycles. The number of morpholine rings is 1. The summed E-state index contributed by atoms with van der Waals surface area (Å²) < 4.78 is 5.61. The molecular weight excluding hydrogens is 286 g/mol. The molecule has 122 valence electrons. The minimum absolute atomic E-state index is 0.341. The third-order valence-electron chi connectivity index (χ3n) is 4.10. The Balaban J connectivity index is 1.50. The van der Waals surface area contributed by atoms with Crippen LogP contribution < -0.4 is 5.32 Å². The van der Waals surface area contributed by atoms with Gasteiger partial charge in [-0.05, 0) is 29.7 Å². The summed E-state index contributed by atoms with van der Waals surface area (Å²) in [6.07, 6.45) is 4.05. The molecule has 1 fully saturated rings. The maximum atomic E-state index is 5.61. The van der Waals surface area contributed by atoms with Gasteiger partial charge < -0.3 is 10.1 Å². The summed E-state index contributed by atoms with van der Waals surface area (Å²) in [7, 11) is 0. The molecule has 0 aliphatic carbocycles. The van der Waals surface area contributed by atoms with Crippen LogP contribution in [0.25, 0.3) is 0 Å².